The van der Waals surface area contributed by atoms with E-state index in [-0.39, 0.29) is 11.5 Å². The molecule has 0 N–H and O–H groups in total. The second-order valence-electron chi connectivity index (χ2n) is 7.08. The van der Waals surface area contributed by atoms with Crippen LogP contribution in [0.15, 0.2) is 83.8 Å². The average molecular weight is 441 g/mol. The molecular formula is C25H14NO3S2-. The third-order valence-corrected chi connectivity index (χ3v) is 6.55. The van der Waals surface area contributed by atoms with E-state index in [1.54, 1.807) is 12.1 Å². The lowest BCUT2D eigenvalue weighted by Gasteiger charge is -2.15. The van der Waals surface area contributed by atoms with Crippen LogP contribution >= 0.6 is 24.0 Å². The highest BCUT2D eigenvalue weighted by atomic mass is 32.2. The minimum atomic E-state index is -1.26. The Morgan fingerprint density at radius 1 is 0.903 bits per heavy atom. The Hall–Kier alpha value is -3.48. The fraction of sp³-hybridized carbons (Fsp3) is 0. The van der Waals surface area contributed by atoms with E-state index in [9.17, 15) is 14.7 Å². The number of hydrogen-bond donors (Lipinski definition) is 0. The van der Waals surface area contributed by atoms with Gasteiger partial charge in [0.2, 0.25) is 0 Å². The Labute approximate surface area is 187 Å². The van der Waals surface area contributed by atoms with Gasteiger partial charge in [0.05, 0.1) is 16.6 Å². The van der Waals surface area contributed by atoms with Crippen molar-refractivity contribution in [3.8, 4) is 0 Å². The van der Waals surface area contributed by atoms with Crippen molar-refractivity contribution in [2.75, 3.05) is 4.90 Å². The lowest BCUT2D eigenvalue weighted by Crippen LogP contribution is -2.28. The number of benzene rings is 4. The summed E-state index contributed by atoms with van der Waals surface area (Å²) in [6.07, 6.45) is 1.90. The molecule has 4 aromatic rings. The van der Waals surface area contributed by atoms with Gasteiger partial charge in [0.1, 0.15) is 0 Å². The van der Waals surface area contributed by atoms with Crippen molar-refractivity contribution >= 4 is 73.5 Å². The number of aromatic carboxylic acids is 1. The molecule has 0 spiro atoms. The molecule has 0 aliphatic carbocycles. The minimum absolute atomic E-state index is 0.0481. The molecular weight excluding hydrogens is 426 g/mol. The monoisotopic (exact) mass is 440 g/mol. The fourth-order valence-corrected chi connectivity index (χ4v) is 5.05. The van der Waals surface area contributed by atoms with Crippen LogP contribution in [-0.2, 0) is 4.79 Å². The number of thiocarbonyl (C=S) groups is 1. The zero-order valence-electron chi connectivity index (χ0n) is 16.1. The summed E-state index contributed by atoms with van der Waals surface area (Å²) in [5, 5.41) is 15.3. The van der Waals surface area contributed by atoms with E-state index in [2.05, 4.69) is 18.2 Å². The van der Waals surface area contributed by atoms with Gasteiger partial charge in [-0.3, -0.25) is 9.69 Å². The summed E-state index contributed by atoms with van der Waals surface area (Å²) < 4.78 is 0.405. The summed E-state index contributed by atoms with van der Waals surface area (Å²) in [6, 6.07) is 24.3. The molecule has 5 rings (SSSR count). The van der Waals surface area contributed by atoms with Gasteiger partial charge in [-0.25, -0.2) is 0 Å². The van der Waals surface area contributed by atoms with Gasteiger partial charge in [-0.15, -0.1) is 0 Å². The van der Waals surface area contributed by atoms with Crippen LogP contribution < -0.4 is 10.0 Å². The molecule has 0 aromatic heterocycles. The van der Waals surface area contributed by atoms with Gasteiger partial charge in [-0.1, -0.05) is 84.6 Å². The highest BCUT2D eigenvalue weighted by Gasteiger charge is 2.33. The van der Waals surface area contributed by atoms with Crippen molar-refractivity contribution in [3.63, 3.8) is 0 Å². The lowest BCUT2D eigenvalue weighted by molar-refractivity contribution is -0.255. The number of carboxylic acids is 1. The summed E-state index contributed by atoms with van der Waals surface area (Å²) >= 11 is 6.71. The maximum atomic E-state index is 13.2. The molecule has 0 bridgehead atoms. The number of fused-ring (bicyclic) bond motifs is 2. The van der Waals surface area contributed by atoms with Gasteiger partial charge < -0.3 is 9.90 Å². The van der Waals surface area contributed by atoms with Crippen LogP contribution in [0.3, 0.4) is 0 Å². The Kier molecular flexibility index (Phi) is 4.81. The van der Waals surface area contributed by atoms with Crippen LogP contribution in [0.2, 0.25) is 0 Å². The predicted octanol–water partition coefficient (Wildman–Crippen LogP) is 4.76. The Morgan fingerprint density at radius 3 is 2.06 bits per heavy atom. The number of carbonyl (C=O) groups is 2. The largest absolute Gasteiger partial charge is 0.545 e. The molecule has 1 aliphatic rings. The zero-order valence-corrected chi connectivity index (χ0v) is 17.7. The molecule has 6 heteroatoms. The van der Waals surface area contributed by atoms with Gasteiger partial charge in [0.15, 0.2) is 4.32 Å². The van der Waals surface area contributed by atoms with E-state index in [1.165, 1.54) is 28.8 Å². The van der Waals surface area contributed by atoms with Crippen LogP contribution in [0.25, 0.3) is 27.6 Å². The first kappa shape index (κ1) is 19.5. The van der Waals surface area contributed by atoms with E-state index in [4.69, 9.17) is 12.2 Å². The van der Waals surface area contributed by atoms with Gasteiger partial charge in [-0.2, -0.15) is 0 Å². The van der Waals surface area contributed by atoms with Crippen LogP contribution in [0, 0.1) is 0 Å². The summed E-state index contributed by atoms with van der Waals surface area (Å²) in [5.74, 6) is -1.49. The van der Waals surface area contributed by atoms with Crippen molar-refractivity contribution < 1.29 is 14.7 Å². The number of anilines is 1. The zero-order chi connectivity index (χ0) is 21.5. The second-order valence-corrected chi connectivity index (χ2v) is 8.76. The first-order valence-electron chi connectivity index (χ1n) is 9.53. The molecule has 1 heterocycles. The number of nitrogens with zero attached hydrogens (tertiary/aromatic N) is 1. The summed E-state index contributed by atoms with van der Waals surface area (Å²) in [4.78, 5) is 26.2. The first-order chi connectivity index (χ1) is 15.0. The molecule has 0 atom stereocenters. The molecule has 1 fully saturated rings. The van der Waals surface area contributed by atoms with Gasteiger partial charge in [0, 0.05) is 0 Å². The van der Waals surface area contributed by atoms with Crippen molar-refractivity contribution in [3.05, 3.63) is 94.9 Å². The molecule has 1 aliphatic heterocycles. The number of thioether (sulfide) groups is 1. The third kappa shape index (κ3) is 3.40. The van der Waals surface area contributed by atoms with E-state index in [1.807, 2.05) is 42.5 Å². The maximum absolute atomic E-state index is 13.2. The van der Waals surface area contributed by atoms with Crippen LogP contribution in [0.1, 0.15) is 15.9 Å². The quantitative estimate of drug-likeness (QED) is 0.261. The second kappa shape index (κ2) is 7.65. The standard InChI is InChI=1S/C25H15NO3S2/c27-23-22(31-25(30)26(23)18-11-9-15(10-12-18)24(28)29)14-21-19-7-3-1-5-16(19)13-17-6-2-4-8-20(17)21/h1-14H,(H,28,29)/p-1/b22-14+. The lowest BCUT2D eigenvalue weighted by atomic mass is 9.96. The van der Waals surface area contributed by atoms with Gasteiger partial charge in [-0.05, 0) is 56.9 Å². The van der Waals surface area contributed by atoms with Gasteiger partial charge in [0.25, 0.3) is 5.91 Å². The number of hydrogen-bond acceptors (Lipinski definition) is 5. The number of carboxylic acid groups (broad SMARTS) is 1. The Morgan fingerprint density at radius 2 is 1.48 bits per heavy atom. The van der Waals surface area contributed by atoms with Crippen molar-refractivity contribution in [1.29, 1.82) is 0 Å². The third-order valence-electron chi connectivity index (χ3n) is 5.24. The summed E-state index contributed by atoms with van der Waals surface area (Å²) in [5.41, 5.74) is 1.55. The van der Waals surface area contributed by atoms with E-state index >= 15 is 0 Å². The highest BCUT2D eigenvalue weighted by Crippen LogP contribution is 2.38. The molecule has 150 valence electrons. The Bertz CT molecular complexity index is 1370. The Balaban J connectivity index is 1.62. The summed E-state index contributed by atoms with van der Waals surface area (Å²) in [6.45, 7) is 0. The van der Waals surface area contributed by atoms with Crippen molar-refractivity contribution in [1.82, 2.24) is 0 Å². The minimum Gasteiger partial charge on any atom is -0.545 e. The van der Waals surface area contributed by atoms with E-state index in [0.717, 1.165) is 27.1 Å². The molecule has 4 nitrogen and oxygen atoms in total. The predicted molar refractivity (Wildman–Crippen MR) is 128 cm³/mol. The van der Waals surface area contributed by atoms with Crippen LogP contribution in [0.4, 0.5) is 5.69 Å². The molecule has 0 saturated carbocycles. The molecule has 0 unspecified atom stereocenters. The molecule has 0 radical (unpaired) electrons. The van der Waals surface area contributed by atoms with Crippen LogP contribution in [0.5, 0.6) is 0 Å². The topological polar surface area (TPSA) is 60.4 Å². The normalized spacial score (nSPS) is 15.4. The van der Waals surface area contributed by atoms with Crippen LogP contribution in [-0.4, -0.2) is 16.2 Å². The number of carbonyl (C=O) groups excluding carboxylic acids is 2. The van der Waals surface area contributed by atoms with Crippen molar-refractivity contribution in [2.24, 2.45) is 0 Å². The molecule has 1 amide bonds. The number of rotatable bonds is 3. The maximum Gasteiger partial charge on any atom is 0.270 e. The molecule has 31 heavy (non-hydrogen) atoms. The number of amides is 1. The van der Waals surface area contributed by atoms with E-state index in [0.29, 0.717) is 14.9 Å². The van der Waals surface area contributed by atoms with Gasteiger partial charge >= 0.3 is 0 Å². The SMILES string of the molecule is O=C([O-])c1ccc(N2C(=O)/C(=C\c3c4ccccc4cc4ccccc34)SC2=S)cc1. The average Bonchev–Trinajstić information content (AvgIpc) is 3.06. The molecule has 4 aromatic carbocycles. The highest BCUT2D eigenvalue weighted by molar-refractivity contribution is 8.27. The molecule has 1 saturated heterocycles. The summed E-state index contributed by atoms with van der Waals surface area (Å²) in [7, 11) is 0. The van der Waals surface area contributed by atoms with E-state index < -0.39 is 5.97 Å². The smallest absolute Gasteiger partial charge is 0.270 e. The van der Waals surface area contributed by atoms with Crippen molar-refractivity contribution in [2.45, 2.75) is 0 Å². The fourth-order valence-electron chi connectivity index (χ4n) is 3.77. The first-order valence-corrected chi connectivity index (χ1v) is 10.8.